The van der Waals surface area contributed by atoms with Gasteiger partial charge in [-0.05, 0) is 47.1 Å². The zero-order valence-electron chi connectivity index (χ0n) is 22.5. The molecule has 0 aliphatic carbocycles. The number of carbonyl (C=O) groups excluding carboxylic acids is 2. The average molecular weight is 558 g/mol. The molecule has 2 heterocycles. The summed E-state index contributed by atoms with van der Waals surface area (Å²) < 4.78 is 22.4. The molecule has 0 bridgehead atoms. The molecule has 1 saturated heterocycles. The van der Waals surface area contributed by atoms with Crippen LogP contribution in [0.1, 0.15) is 53.3 Å². The molecule has 0 radical (unpaired) electrons. The molecule has 218 valence electrons. The lowest BCUT2D eigenvalue weighted by Gasteiger charge is -2.41. The van der Waals surface area contributed by atoms with Crippen LogP contribution < -0.4 is 10.6 Å². The number of rotatable bonds is 7. The number of alkyl carbamates (subject to hydrolysis) is 2. The molecule has 18 heteroatoms. The minimum Gasteiger partial charge on any atom is -0.444 e. The summed E-state index contributed by atoms with van der Waals surface area (Å²) in [5.74, 6) is -0.286. The molecule has 1 fully saturated rings. The second-order valence-corrected chi connectivity index (χ2v) is 10.3. The van der Waals surface area contributed by atoms with Crippen LogP contribution in [0.25, 0.3) is 10.4 Å². The van der Waals surface area contributed by atoms with Crippen molar-refractivity contribution in [2.24, 2.45) is 10.1 Å². The van der Waals surface area contributed by atoms with Gasteiger partial charge in [0, 0.05) is 4.91 Å². The lowest BCUT2D eigenvalue weighted by molar-refractivity contribution is -0.281. The van der Waals surface area contributed by atoms with Gasteiger partial charge in [0.15, 0.2) is 6.29 Å². The van der Waals surface area contributed by atoms with Gasteiger partial charge in [-0.1, -0.05) is 10.3 Å². The second-order valence-electron chi connectivity index (χ2n) is 10.3. The number of azide groups is 1. The van der Waals surface area contributed by atoms with Crippen molar-refractivity contribution in [1.82, 2.24) is 25.6 Å². The maximum Gasteiger partial charge on any atom is 0.414 e. The summed E-state index contributed by atoms with van der Waals surface area (Å²) in [6.45, 7) is 8.70. The highest BCUT2D eigenvalue weighted by atomic mass is 16.7. The van der Waals surface area contributed by atoms with Crippen LogP contribution in [0.2, 0.25) is 0 Å². The number of hydrogen-bond acceptors (Lipinski definition) is 13. The molecule has 0 saturated carbocycles. The Morgan fingerprint density at radius 2 is 1.72 bits per heavy atom. The predicted molar refractivity (Wildman–Crippen MR) is 132 cm³/mol. The molecule has 0 aromatic carbocycles. The molecule has 0 spiro atoms. The van der Waals surface area contributed by atoms with Crippen molar-refractivity contribution in [2.45, 2.75) is 89.9 Å². The monoisotopic (exact) mass is 557 g/mol. The van der Waals surface area contributed by atoms with Crippen LogP contribution in [-0.2, 0) is 25.5 Å². The van der Waals surface area contributed by atoms with Crippen LogP contribution in [0, 0.1) is 0 Å². The van der Waals surface area contributed by atoms with Crippen LogP contribution >= 0.6 is 0 Å². The van der Waals surface area contributed by atoms with Gasteiger partial charge in [0.2, 0.25) is 5.96 Å². The van der Waals surface area contributed by atoms with Crippen molar-refractivity contribution in [3.63, 3.8) is 0 Å². The summed E-state index contributed by atoms with van der Waals surface area (Å²) in [7, 11) is 0. The summed E-state index contributed by atoms with van der Waals surface area (Å²) in [4.78, 5) is 31.2. The number of hydrogen-bond donors (Lipinski definition) is 5. The second kappa shape index (κ2) is 13.5. The van der Waals surface area contributed by atoms with E-state index in [2.05, 4.69) is 36.0 Å². The molecule has 39 heavy (non-hydrogen) atoms. The molecular formula is C21H35N9O9. The first-order chi connectivity index (χ1) is 18.1. The molecule has 2 unspecified atom stereocenters. The Hall–Kier alpha value is -3.54. The van der Waals surface area contributed by atoms with Crippen molar-refractivity contribution < 1.29 is 43.9 Å². The SMILES string of the molecule is CC(C)(C)OC(=O)NC(=NCc1cn(C2[C@@H](OCN=[N+]=[N-])OC(CO)[C@@H](O)[C@@H]2O)nn1)NC(=O)OC(C)(C)C. The minimum absolute atomic E-state index is 0.212. The van der Waals surface area contributed by atoms with Gasteiger partial charge in [0.05, 0.1) is 19.3 Å². The maximum absolute atomic E-state index is 12.3. The van der Waals surface area contributed by atoms with Gasteiger partial charge in [-0.3, -0.25) is 10.6 Å². The van der Waals surface area contributed by atoms with Crippen molar-refractivity contribution >= 4 is 18.1 Å². The maximum atomic E-state index is 12.3. The van der Waals surface area contributed by atoms with E-state index in [1.54, 1.807) is 41.5 Å². The fourth-order valence-corrected chi connectivity index (χ4v) is 3.22. The van der Waals surface area contributed by atoms with E-state index in [1.165, 1.54) is 6.20 Å². The van der Waals surface area contributed by atoms with Gasteiger partial charge in [0.25, 0.3) is 0 Å². The van der Waals surface area contributed by atoms with Gasteiger partial charge >= 0.3 is 12.2 Å². The van der Waals surface area contributed by atoms with Crippen LogP contribution in [0.4, 0.5) is 9.59 Å². The minimum atomic E-state index is -1.51. The Bertz CT molecular complexity index is 1030. The Labute approximate surface area is 223 Å². The van der Waals surface area contributed by atoms with E-state index in [0.717, 1.165) is 4.68 Å². The molecule has 2 amide bonds. The number of aliphatic hydroxyl groups is 3. The Morgan fingerprint density at radius 3 is 2.23 bits per heavy atom. The number of amides is 2. The van der Waals surface area contributed by atoms with Crippen LogP contribution in [0.3, 0.4) is 0 Å². The van der Waals surface area contributed by atoms with E-state index in [4.69, 9.17) is 24.5 Å². The zero-order chi connectivity index (χ0) is 29.4. The van der Waals surface area contributed by atoms with Gasteiger partial charge in [0.1, 0.15) is 48.0 Å². The normalized spacial score (nSPS) is 23.3. The van der Waals surface area contributed by atoms with E-state index >= 15 is 0 Å². The first kappa shape index (κ1) is 31.7. The number of nitrogens with zero attached hydrogens (tertiary/aromatic N) is 7. The molecular weight excluding hydrogens is 522 g/mol. The van der Waals surface area contributed by atoms with E-state index in [-0.39, 0.29) is 18.2 Å². The third kappa shape index (κ3) is 10.3. The molecule has 18 nitrogen and oxygen atoms in total. The lowest BCUT2D eigenvalue weighted by atomic mass is 9.97. The summed E-state index contributed by atoms with van der Waals surface area (Å²) in [5, 5.41) is 46.2. The first-order valence-electron chi connectivity index (χ1n) is 11.8. The van der Waals surface area contributed by atoms with Crippen molar-refractivity contribution in [3.05, 3.63) is 22.3 Å². The summed E-state index contributed by atoms with van der Waals surface area (Å²) >= 11 is 0. The van der Waals surface area contributed by atoms with E-state index < -0.39 is 67.4 Å². The number of aliphatic hydroxyl groups excluding tert-OH is 3. The number of nitrogens with one attached hydrogen (secondary N) is 2. The quantitative estimate of drug-likeness (QED) is 0.101. The highest BCUT2D eigenvalue weighted by Crippen LogP contribution is 2.30. The van der Waals surface area contributed by atoms with Crippen LogP contribution in [0.5, 0.6) is 0 Å². The zero-order valence-corrected chi connectivity index (χ0v) is 22.5. The van der Waals surface area contributed by atoms with Crippen molar-refractivity contribution in [2.75, 3.05) is 13.3 Å². The lowest BCUT2D eigenvalue weighted by Crippen LogP contribution is -2.56. The van der Waals surface area contributed by atoms with Gasteiger partial charge < -0.3 is 34.3 Å². The number of aliphatic imine (C=N–C) groups is 1. The van der Waals surface area contributed by atoms with E-state index in [0.29, 0.717) is 0 Å². The Morgan fingerprint density at radius 1 is 1.13 bits per heavy atom. The molecule has 1 aromatic rings. The Kier molecular flexibility index (Phi) is 11.0. The Balaban J connectivity index is 2.25. The third-order valence-electron chi connectivity index (χ3n) is 4.71. The highest BCUT2D eigenvalue weighted by Gasteiger charge is 2.46. The largest absolute Gasteiger partial charge is 0.444 e. The fourth-order valence-electron chi connectivity index (χ4n) is 3.22. The fraction of sp³-hybridized carbons (Fsp3) is 0.762. The molecule has 5 atom stereocenters. The van der Waals surface area contributed by atoms with Gasteiger partial charge in [-0.2, -0.15) is 0 Å². The molecule has 2 rings (SSSR count). The van der Waals surface area contributed by atoms with Gasteiger partial charge in [-0.15, -0.1) is 5.10 Å². The van der Waals surface area contributed by atoms with E-state index in [9.17, 15) is 24.9 Å². The standard InChI is InChI=1S/C21H35N9O9/c1-20(2,3)38-18(34)25-17(26-19(35)39-21(4,5)6)23-7-11-8-30(29-27-11)13-15(33)14(32)12(9-31)37-16(13)36-10-24-28-22/h8,12-16,31-33H,7,9-10H2,1-6H3,(H2,23,25,26,34,35)/t12?,13?,14-,15-,16+/m1/s1. The first-order valence-corrected chi connectivity index (χ1v) is 11.8. The van der Waals surface area contributed by atoms with Gasteiger partial charge in [-0.25, -0.2) is 19.3 Å². The topological polar surface area (TPSA) is 248 Å². The molecule has 1 aromatic heterocycles. The summed E-state index contributed by atoms with van der Waals surface area (Å²) in [6, 6.07) is -1.15. The highest BCUT2D eigenvalue weighted by molar-refractivity contribution is 6.01. The molecule has 1 aliphatic rings. The van der Waals surface area contributed by atoms with E-state index in [1.807, 2.05) is 0 Å². The number of aromatic nitrogens is 3. The molecule has 5 N–H and O–H groups in total. The predicted octanol–water partition coefficient (Wildman–Crippen LogP) is 0.448. The summed E-state index contributed by atoms with van der Waals surface area (Å²) in [5.41, 5.74) is 7.08. The number of carbonyl (C=O) groups is 2. The van der Waals surface area contributed by atoms with Crippen LogP contribution in [-0.4, -0.2) is 97.6 Å². The number of ether oxygens (including phenoxy) is 4. The molecule has 1 aliphatic heterocycles. The van der Waals surface area contributed by atoms with Crippen molar-refractivity contribution in [3.8, 4) is 0 Å². The third-order valence-corrected chi connectivity index (χ3v) is 4.71. The summed E-state index contributed by atoms with van der Waals surface area (Å²) in [6.07, 6.45) is -5.85. The smallest absolute Gasteiger partial charge is 0.414 e. The van der Waals surface area contributed by atoms with Crippen molar-refractivity contribution in [1.29, 1.82) is 0 Å². The number of guanidine groups is 1. The van der Waals surface area contributed by atoms with Crippen LogP contribution in [0.15, 0.2) is 16.3 Å². The average Bonchev–Trinajstić information content (AvgIpc) is 3.25.